The first-order valence-electron chi connectivity index (χ1n) is 10.4. The summed E-state index contributed by atoms with van der Waals surface area (Å²) >= 11 is 3.34. The van der Waals surface area contributed by atoms with Crippen molar-refractivity contribution >= 4 is 21.7 Å². The van der Waals surface area contributed by atoms with Gasteiger partial charge in [0, 0.05) is 13.0 Å². The number of likely N-dealkylation sites (tertiary alicyclic amines) is 1. The van der Waals surface area contributed by atoms with Gasteiger partial charge in [-0.3, -0.25) is 4.79 Å². The van der Waals surface area contributed by atoms with Crippen molar-refractivity contribution in [2.24, 2.45) is 5.92 Å². The van der Waals surface area contributed by atoms with E-state index >= 15 is 0 Å². The third-order valence-corrected chi connectivity index (χ3v) is 6.51. The van der Waals surface area contributed by atoms with Gasteiger partial charge in [-0.1, -0.05) is 19.1 Å². The van der Waals surface area contributed by atoms with Gasteiger partial charge in [-0.2, -0.15) is 0 Å². The topological polar surface area (TPSA) is 49.8 Å². The van der Waals surface area contributed by atoms with E-state index in [-0.39, 0.29) is 5.78 Å². The molecule has 0 atom stereocenters. The van der Waals surface area contributed by atoms with E-state index in [9.17, 15) is 9.90 Å². The van der Waals surface area contributed by atoms with Gasteiger partial charge >= 0.3 is 0 Å². The normalized spacial score (nSPS) is 15.4. The Morgan fingerprint density at radius 3 is 2.55 bits per heavy atom. The Morgan fingerprint density at radius 2 is 1.90 bits per heavy atom. The number of rotatable bonds is 8. The number of phenolic OH excluding ortho intramolecular Hbond substituents is 1. The third-order valence-electron chi connectivity index (χ3n) is 5.84. The summed E-state index contributed by atoms with van der Waals surface area (Å²) in [7, 11) is 1.61. The number of hydrogen-bond acceptors (Lipinski definition) is 4. The zero-order valence-electron chi connectivity index (χ0n) is 17.3. The Labute approximate surface area is 182 Å². The van der Waals surface area contributed by atoms with Gasteiger partial charge in [0.1, 0.15) is 11.5 Å². The molecular weight excluding hydrogens is 430 g/mol. The number of carbonyl (C=O) groups is 1. The molecule has 0 aliphatic carbocycles. The summed E-state index contributed by atoms with van der Waals surface area (Å²) in [6.07, 6.45) is 4.82. The average molecular weight is 460 g/mol. The van der Waals surface area contributed by atoms with Crippen molar-refractivity contribution < 1.29 is 14.6 Å². The van der Waals surface area contributed by atoms with Gasteiger partial charge < -0.3 is 14.7 Å². The standard InChI is InChI=1S/C24H30BrNO3/c1-3-22(27)20-15-17(5-7-24(20)29-2)8-11-26-12-9-18(10-13-26)14-19-4-6-21(25)23(28)16-19/h4-7,15-16,18,28H,3,8-14H2,1-2H3. The number of Topliss-reactive ketones (excluding diaryl/α,β-unsaturated/α-hetero) is 1. The maximum Gasteiger partial charge on any atom is 0.166 e. The van der Waals surface area contributed by atoms with Crippen molar-refractivity contribution in [3.05, 3.63) is 57.6 Å². The van der Waals surface area contributed by atoms with E-state index in [4.69, 9.17) is 4.74 Å². The van der Waals surface area contributed by atoms with Crippen LogP contribution < -0.4 is 4.74 Å². The van der Waals surface area contributed by atoms with Gasteiger partial charge in [-0.15, -0.1) is 0 Å². The van der Waals surface area contributed by atoms with Crippen LogP contribution in [-0.4, -0.2) is 42.5 Å². The van der Waals surface area contributed by atoms with E-state index in [1.54, 1.807) is 7.11 Å². The van der Waals surface area contributed by atoms with Gasteiger partial charge in [-0.05, 0) is 96.0 Å². The maximum atomic E-state index is 12.2. The van der Waals surface area contributed by atoms with Crippen LogP contribution in [0.15, 0.2) is 40.9 Å². The summed E-state index contributed by atoms with van der Waals surface area (Å²) in [5, 5.41) is 9.87. The first-order valence-corrected chi connectivity index (χ1v) is 11.2. The quantitative estimate of drug-likeness (QED) is 0.547. The molecule has 1 saturated heterocycles. The second-order valence-electron chi connectivity index (χ2n) is 7.84. The molecule has 0 unspecified atom stereocenters. The molecule has 3 rings (SSSR count). The first kappa shape index (κ1) is 21.8. The molecule has 156 valence electrons. The van der Waals surface area contributed by atoms with E-state index < -0.39 is 0 Å². The molecule has 0 saturated carbocycles. The summed E-state index contributed by atoms with van der Waals surface area (Å²) < 4.78 is 6.09. The molecule has 5 heteroatoms. The number of ether oxygens (including phenoxy) is 1. The lowest BCUT2D eigenvalue weighted by Crippen LogP contribution is -2.35. The molecule has 29 heavy (non-hydrogen) atoms. The molecule has 1 N–H and O–H groups in total. The minimum absolute atomic E-state index is 0.128. The average Bonchev–Trinajstić information content (AvgIpc) is 2.75. The first-order chi connectivity index (χ1) is 14.0. The molecule has 1 aliphatic heterocycles. The number of benzene rings is 2. The Bertz CT molecular complexity index is 844. The van der Waals surface area contributed by atoms with Crippen LogP contribution in [0.4, 0.5) is 0 Å². The van der Waals surface area contributed by atoms with Crippen molar-refractivity contribution in [2.45, 2.75) is 39.0 Å². The number of nitrogens with zero attached hydrogens (tertiary/aromatic N) is 1. The fourth-order valence-corrected chi connectivity index (χ4v) is 4.29. The van der Waals surface area contributed by atoms with Gasteiger partial charge in [0.2, 0.25) is 0 Å². The Morgan fingerprint density at radius 1 is 1.17 bits per heavy atom. The van der Waals surface area contributed by atoms with Crippen LogP contribution in [-0.2, 0) is 12.8 Å². The Hall–Kier alpha value is -1.85. The minimum atomic E-state index is 0.128. The Kier molecular flexibility index (Phi) is 7.73. The van der Waals surface area contributed by atoms with Gasteiger partial charge in [0.05, 0.1) is 17.1 Å². The molecule has 0 radical (unpaired) electrons. The van der Waals surface area contributed by atoms with Crippen molar-refractivity contribution in [2.75, 3.05) is 26.7 Å². The van der Waals surface area contributed by atoms with Crippen molar-refractivity contribution in [3.63, 3.8) is 0 Å². The summed E-state index contributed by atoms with van der Waals surface area (Å²) in [6.45, 7) is 5.10. The highest BCUT2D eigenvalue weighted by Gasteiger charge is 2.20. The number of methoxy groups -OCH3 is 1. The van der Waals surface area contributed by atoms with E-state index in [0.29, 0.717) is 29.4 Å². The SMILES string of the molecule is CCC(=O)c1cc(CCN2CCC(Cc3ccc(Br)c(O)c3)CC2)ccc1OC. The maximum absolute atomic E-state index is 12.2. The van der Waals surface area contributed by atoms with E-state index in [1.165, 1.54) is 24.0 Å². The zero-order valence-corrected chi connectivity index (χ0v) is 18.9. The van der Waals surface area contributed by atoms with Gasteiger partial charge in [-0.25, -0.2) is 0 Å². The molecule has 1 aliphatic rings. The summed E-state index contributed by atoms with van der Waals surface area (Å²) in [6, 6.07) is 11.9. The number of hydrogen-bond donors (Lipinski definition) is 1. The predicted molar refractivity (Wildman–Crippen MR) is 120 cm³/mol. The van der Waals surface area contributed by atoms with Crippen LogP contribution >= 0.6 is 15.9 Å². The highest BCUT2D eigenvalue weighted by atomic mass is 79.9. The monoisotopic (exact) mass is 459 g/mol. The molecule has 1 fully saturated rings. The van der Waals surface area contributed by atoms with E-state index in [0.717, 1.165) is 36.9 Å². The molecule has 0 amide bonds. The second-order valence-corrected chi connectivity index (χ2v) is 8.69. The number of carbonyl (C=O) groups excluding carboxylic acids is 1. The lowest BCUT2D eigenvalue weighted by molar-refractivity contribution is 0.0985. The highest BCUT2D eigenvalue weighted by molar-refractivity contribution is 9.10. The second kappa shape index (κ2) is 10.3. The zero-order chi connectivity index (χ0) is 20.8. The minimum Gasteiger partial charge on any atom is -0.507 e. The lowest BCUT2D eigenvalue weighted by Gasteiger charge is -2.32. The van der Waals surface area contributed by atoms with Crippen molar-refractivity contribution in [3.8, 4) is 11.5 Å². The van der Waals surface area contributed by atoms with E-state index in [1.807, 2.05) is 31.2 Å². The molecular formula is C24H30BrNO3. The fourth-order valence-electron chi connectivity index (χ4n) is 4.04. The smallest absolute Gasteiger partial charge is 0.166 e. The van der Waals surface area contributed by atoms with Crippen LogP contribution in [0, 0.1) is 5.92 Å². The largest absolute Gasteiger partial charge is 0.507 e. The van der Waals surface area contributed by atoms with E-state index in [2.05, 4.69) is 33.0 Å². The number of ketones is 1. The molecule has 4 nitrogen and oxygen atoms in total. The summed E-state index contributed by atoms with van der Waals surface area (Å²) in [4.78, 5) is 14.7. The molecule has 0 aromatic heterocycles. The number of piperidine rings is 1. The van der Waals surface area contributed by atoms with Crippen molar-refractivity contribution in [1.29, 1.82) is 0 Å². The third kappa shape index (κ3) is 5.83. The molecule has 2 aromatic rings. The van der Waals surface area contributed by atoms with Crippen LogP contribution in [0.2, 0.25) is 0 Å². The van der Waals surface area contributed by atoms with Gasteiger partial charge in [0.25, 0.3) is 0 Å². The van der Waals surface area contributed by atoms with Crippen LogP contribution in [0.3, 0.4) is 0 Å². The summed E-state index contributed by atoms with van der Waals surface area (Å²) in [5.41, 5.74) is 3.09. The number of aromatic hydroxyl groups is 1. The van der Waals surface area contributed by atoms with Crippen LogP contribution in [0.1, 0.15) is 47.7 Å². The predicted octanol–water partition coefficient (Wildman–Crippen LogP) is 5.25. The van der Waals surface area contributed by atoms with Crippen LogP contribution in [0.25, 0.3) is 0 Å². The molecule has 2 aromatic carbocycles. The Balaban J connectivity index is 1.49. The fraction of sp³-hybridized carbons (Fsp3) is 0.458. The number of halogens is 1. The lowest BCUT2D eigenvalue weighted by atomic mass is 9.90. The van der Waals surface area contributed by atoms with Gasteiger partial charge in [0.15, 0.2) is 5.78 Å². The molecule has 1 heterocycles. The summed E-state index contributed by atoms with van der Waals surface area (Å²) in [5.74, 6) is 1.78. The highest BCUT2D eigenvalue weighted by Crippen LogP contribution is 2.28. The molecule has 0 spiro atoms. The van der Waals surface area contributed by atoms with Crippen molar-refractivity contribution in [1.82, 2.24) is 4.90 Å². The molecule has 0 bridgehead atoms. The number of phenols is 1. The van der Waals surface area contributed by atoms with Crippen LogP contribution in [0.5, 0.6) is 11.5 Å².